The van der Waals surface area contributed by atoms with Crippen molar-refractivity contribution in [3.05, 3.63) is 48.6 Å². The number of nitrogens with two attached hydrogens (primary N) is 2. The van der Waals surface area contributed by atoms with E-state index in [4.69, 9.17) is 11.5 Å². The van der Waals surface area contributed by atoms with Crippen molar-refractivity contribution in [1.29, 1.82) is 0 Å². The van der Waals surface area contributed by atoms with Gasteiger partial charge in [0.1, 0.15) is 0 Å². The quantitative estimate of drug-likeness (QED) is 0.713. The van der Waals surface area contributed by atoms with Crippen LogP contribution in [-0.2, 0) is 0 Å². The van der Waals surface area contributed by atoms with Crippen molar-refractivity contribution < 1.29 is 0 Å². The van der Waals surface area contributed by atoms with Crippen LogP contribution in [0.2, 0.25) is 0 Å². The predicted octanol–water partition coefficient (Wildman–Crippen LogP) is 1.98. The molecular formula is C12H18N2. The van der Waals surface area contributed by atoms with Gasteiger partial charge in [0.2, 0.25) is 0 Å². The molecule has 0 amide bonds. The lowest BCUT2D eigenvalue weighted by molar-refractivity contribution is 0.387. The van der Waals surface area contributed by atoms with Gasteiger partial charge in [-0.05, 0) is 18.9 Å². The highest BCUT2D eigenvalue weighted by molar-refractivity contribution is 5.22. The standard InChI is InChI=1S/C12H18N2/c1-3-9-12(2,14)11(13)10-7-5-4-6-8-10/h3-8,11H,1,9,13-14H2,2H3/t11-,12+/m1/s1. The molecule has 1 aromatic carbocycles. The van der Waals surface area contributed by atoms with Crippen LogP contribution in [0.1, 0.15) is 24.9 Å². The van der Waals surface area contributed by atoms with Crippen molar-refractivity contribution in [1.82, 2.24) is 0 Å². The molecule has 1 rings (SSSR count). The fourth-order valence-electron chi connectivity index (χ4n) is 1.48. The average molecular weight is 190 g/mol. The molecule has 0 bridgehead atoms. The Bertz CT molecular complexity index is 290. The van der Waals surface area contributed by atoms with E-state index in [9.17, 15) is 0 Å². The van der Waals surface area contributed by atoms with Gasteiger partial charge in [0.05, 0.1) is 0 Å². The number of rotatable bonds is 4. The van der Waals surface area contributed by atoms with E-state index < -0.39 is 5.54 Å². The maximum atomic E-state index is 6.11. The molecule has 0 aromatic heterocycles. The topological polar surface area (TPSA) is 52.0 Å². The molecule has 1 aromatic rings. The summed E-state index contributed by atoms with van der Waals surface area (Å²) in [5.74, 6) is 0. The highest BCUT2D eigenvalue weighted by Crippen LogP contribution is 2.23. The lowest BCUT2D eigenvalue weighted by Gasteiger charge is -2.30. The van der Waals surface area contributed by atoms with Gasteiger partial charge in [0.25, 0.3) is 0 Å². The summed E-state index contributed by atoms with van der Waals surface area (Å²) in [5.41, 5.74) is 12.8. The third-order valence-corrected chi connectivity index (χ3v) is 2.45. The lowest BCUT2D eigenvalue weighted by Crippen LogP contribution is -2.46. The van der Waals surface area contributed by atoms with E-state index in [1.165, 1.54) is 0 Å². The third-order valence-electron chi connectivity index (χ3n) is 2.45. The van der Waals surface area contributed by atoms with Crippen LogP contribution >= 0.6 is 0 Å². The minimum absolute atomic E-state index is 0.151. The molecule has 2 heteroatoms. The molecule has 76 valence electrons. The van der Waals surface area contributed by atoms with E-state index in [-0.39, 0.29) is 6.04 Å². The first-order chi connectivity index (χ1) is 6.58. The molecule has 2 nitrogen and oxygen atoms in total. The van der Waals surface area contributed by atoms with Crippen molar-refractivity contribution in [3.63, 3.8) is 0 Å². The van der Waals surface area contributed by atoms with E-state index in [2.05, 4.69) is 6.58 Å². The molecule has 0 aliphatic rings. The molecule has 0 saturated carbocycles. The Morgan fingerprint density at radius 3 is 2.50 bits per heavy atom. The van der Waals surface area contributed by atoms with Gasteiger partial charge in [0, 0.05) is 11.6 Å². The number of hydrogen-bond donors (Lipinski definition) is 2. The molecule has 14 heavy (non-hydrogen) atoms. The van der Waals surface area contributed by atoms with E-state index >= 15 is 0 Å². The summed E-state index contributed by atoms with van der Waals surface area (Å²) in [4.78, 5) is 0. The third kappa shape index (κ3) is 2.44. The molecule has 0 fully saturated rings. The van der Waals surface area contributed by atoms with E-state index in [1.807, 2.05) is 43.3 Å². The molecule has 0 radical (unpaired) electrons. The first kappa shape index (κ1) is 11.0. The first-order valence-corrected chi connectivity index (χ1v) is 4.78. The van der Waals surface area contributed by atoms with Gasteiger partial charge < -0.3 is 11.5 Å². The summed E-state index contributed by atoms with van der Waals surface area (Å²) in [6.07, 6.45) is 2.52. The molecular weight excluding hydrogens is 172 g/mol. The molecule has 2 atom stereocenters. The van der Waals surface area contributed by atoms with Crippen LogP contribution in [0.15, 0.2) is 43.0 Å². The lowest BCUT2D eigenvalue weighted by atomic mass is 9.86. The van der Waals surface area contributed by atoms with Crippen molar-refractivity contribution in [2.24, 2.45) is 11.5 Å². The van der Waals surface area contributed by atoms with Crippen LogP contribution in [0.5, 0.6) is 0 Å². The highest BCUT2D eigenvalue weighted by atomic mass is 14.8. The highest BCUT2D eigenvalue weighted by Gasteiger charge is 2.26. The van der Waals surface area contributed by atoms with Crippen LogP contribution in [0.4, 0.5) is 0 Å². The zero-order chi connectivity index (χ0) is 10.6. The smallest absolute Gasteiger partial charge is 0.0478 e. The Morgan fingerprint density at radius 1 is 1.43 bits per heavy atom. The van der Waals surface area contributed by atoms with Crippen molar-refractivity contribution in [2.75, 3.05) is 0 Å². The second kappa shape index (κ2) is 4.40. The van der Waals surface area contributed by atoms with Gasteiger partial charge in [-0.25, -0.2) is 0 Å². The zero-order valence-electron chi connectivity index (χ0n) is 8.61. The fraction of sp³-hybridized carbons (Fsp3) is 0.333. The largest absolute Gasteiger partial charge is 0.323 e. The number of hydrogen-bond acceptors (Lipinski definition) is 2. The van der Waals surface area contributed by atoms with E-state index in [0.717, 1.165) is 5.56 Å². The Hall–Kier alpha value is -1.12. The van der Waals surface area contributed by atoms with E-state index in [0.29, 0.717) is 6.42 Å². The molecule has 0 aliphatic heterocycles. The summed E-state index contributed by atoms with van der Waals surface area (Å²) in [5, 5.41) is 0. The average Bonchev–Trinajstić information content (AvgIpc) is 2.18. The summed E-state index contributed by atoms with van der Waals surface area (Å²) in [6, 6.07) is 9.76. The van der Waals surface area contributed by atoms with Crippen LogP contribution < -0.4 is 11.5 Å². The second-order valence-corrected chi connectivity index (χ2v) is 3.89. The summed E-state index contributed by atoms with van der Waals surface area (Å²) < 4.78 is 0. The van der Waals surface area contributed by atoms with Gasteiger partial charge >= 0.3 is 0 Å². The summed E-state index contributed by atoms with van der Waals surface area (Å²) >= 11 is 0. The molecule has 0 aliphatic carbocycles. The van der Waals surface area contributed by atoms with Gasteiger partial charge in [0.15, 0.2) is 0 Å². The maximum Gasteiger partial charge on any atom is 0.0478 e. The predicted molar refractivity (Wildman–Crippen MR) is 60.8 cm³/mol. The van der Waals surface area contributed by atoms with E-state index in [1.54, 1.807) is 0 Å². The molecule has 0 saturated heterocycles. The Labute approximate surface area is 85.6 Å². The Morgan fingerprint density at radius 2 is 2.00 bits per heavy atom. The summed E-state index contributed by atoms with van der Waals surface area (Å²) in [7, 11) is 0. The Balaban J connectivity index is 2.84. The molecule has 0 spiro atoms. The van der Waals surface area contributed by atoms with Gasteiger partial charge in [-0.2, -0.15) is 0 Å². The van der Waals surface area contributed by atoms with Crippen LogP contribution in [0.25, 0.3) is 0 Å². The SMILES string of the molecule is C=CC[C@](C)(N)[C@H](N)c1ccccc1. The van der Waals surface area contributed by atoms with Crippen molar-refractivity contribution in [2.45, 2.75) is 24.9 Å². The van der Waals surface area contributed by atoms with Crippen LogP contribution in [0, 0.1) is 0 Å². The molecule has 0 unspecified atom stereocenters. The number of benzene rings is 1. The van der Waals surface area contributed by atoms with Crippen LogP contribution in [-0.4, -0.2) is 5.54 Å². The Kier molecular flexibility index (Phi) is 3.44. The summed E-state index contributed by atoms with van der Waals surface area (Å²) in [6.45, 7) is 5.64. The molecule has 0 heterocycles. The van der Waals surface area contributed by atoms with Crippen molar-refractivity contribution >= 4 is 0 Å². The maximum absolute atomic E-state index is 6.11. The van der Waals surface area contributed by atoms with Gasteiger partial charge in [-0.1, -0.05) is 36.4 Å². The van der Waals surface area contributed by atoms with Crippen LogP contribution in [0.3, 0.4) is 0 Å². The minimum Gasteiger partial charge on any atom is -0.323 e. The normalized spacial score (nSPS) is 17.1. The monoisotopic (exact) mass is 190 g/mol. The first-order valence-electron chi connectivity index (χ1n) is 4.78. The van der Waals surface area contributed by atoms with Gasteiger partial charge in [-0.15, -0.1) is 6.58 Å². The minimum atomic E-state index is -0.427. The zero-order valence-corrected chi connectivity index (χ0v) is 8.61. The van der Waals surface area contributed by atoms with Gasteiger partial charge in [-0.3, -0.25) is 0 Å². The van der Waals surface area contributed by atoms with Crippen molar-refractivity contribution in [3.8, 4) is 0 Å². The molecule has 4 N–H and O–H groups in total. The second-order valence-electron chi connectivity index (χ2n) is 3.89. The fourth-order valence-corrected chi connectivity index (χ4v) is 1.48.